The maximum atomic E-state index is 5.26. The topological polar surface area (TPSA) is 9.86 Å². The Kier molecular flexibility index (Phi) is 1.54. The van der Waals surface area contributed by atoms with E-state index in [2.05, 4.69) is 16.8 Å². The molecule has 0 aliphatic carbocycles. The van der Waals surface area contributed by atoms with Gasteiger partial charge in [0.05, 0.1) is 5.52 Å². The van der Waals surface area contributed by atoms with E-state index in [1.165, 1.54) is 5.52 Å². The van der Waals surface area contributed by atoms with Crippen molar-refractivity contribution < 1.29 is 0 Å². The summed E-state index contributed by atoms with van der Waals surface area (Å²) in [4.78, 5) is 0. The second kappa shape index (κ2) is 2.45. The summed E-state index contributed by atoms with van der Waals surface area (Å²) in [6.45, 7) is 0. The number of rotatable bonds is 0. The van der Waals surface area contributed by atoms with Crippen LogP contribution in [0, 0.1) is 4.64 Å². The molecule has 0 fully saturated rings. The molecular formula is C9H10N2S. The van der Waals surface area contributed by atoms with E-state index in [1.54, 1.807) is 0 Å². The second-order valence-electron chi connectivity index (χ2n) is 2.87. The summed E-state index contributed by atoms with van der Waals surface area (Å²) >= 11 is 5.26. The maximum absolute atomic E-state index is 5.26. The van der Waals surface area contributed by atoms with E-state index in [9.17, 15) is 0 Å². The van der Waals surface area contributed by atoms with E-state index in [1.807, 2.05) is 30.9 Å². The fourth-order valence-electron chi connectivity index (χ4n) is 1.41. The first-order valence-electron chi connectivity index (χ1n) is 3.82. The molecule has 0 atom stereocenters. The maximum Gasteiger partial charge on any atom is 0.129 e. The molecule has 1 heterocycles. The molecule has 2 aromatic rings. The zero-order chi connectivity index (χ0) is 8.72. The first-order valence-corrected chi connectivity index (χ1v) is 4.23. The van der Waals surface area contributed by atoms with Crippen molar-refractivity contribution >= 4 is 23.1 Å². The fourth-order valence-corrected chi connectivity index (χ4v) is 1.70. The van der Waals surface area contributed by atoms with Gasteiger partial charge in [0.15, 0.2) is 0 Å². The summed E-state index contributed by atoms with van der Waals surface area (Å²) in [6.07, 6.45) is 0. The zero-order valence-electron chi connectivity index (χ0n) is 7.11. The molecule has 0 aliphatic heterocycles. The fraction of sp³-hybridized carbons (Fsp3) is 0.222. The first kappa shape index (κ1) is 7.55. The molecule has 0 saturated heterocycles. The molecule has 3 heteroatoms. The van der Waals surface area contributed by atoms with E-state index in [0.29, 0.717) is 0 Å². The van der Waals surface area contributed by atoms with Crippen LogP contribution in [0.15, 0.2) is 24.3 Å². The Morgan fingerprint density at radius 3 is 2.42 bits per heavy atom. The van der Waals surface area contributed by atoms with Crippen LogP contribution >= 0.6 is 12.2 Å². The Hall–Kier alpha value is -1.09. The van der Waals surface area contributed by atoms with Crippen molar-refractivity contribution in [2.75, 3.05) is 0 Å². The quantitative estimate of drug-likeness (QED) is 0.562. The normalized spacial score (nSPS) is 10.8. The van der Waals surface area contributed by atoms with Crippen LogP contribution in [0.4, 0.5) is 0 Å². The predicted octanol–water partition coefficient (Wildman–Crippen LogP) is 2.25. The number of para-hydroxylation sites is 1. The summed E-state index contributed by atoms with van der Waals surface area (Å²) in [5.74, 6) is 0. The van der Waals surface area contributed by atoms with Gasteiger partial charge in [-0.25, -0.2) is 0 Å². The van der Waals surface area contributed by atoms with Crippen molar-refractivity contribution in [3.63, 3.8) is 0 Å². The van der Waals surface area contributed by atoms with Gasteiger partial charge in [0.1, 0.15) is 4.64 Å². The number of hydrogen-bond donors (Lipinski definition) is 0. The minimum Gasteiger partial charge on any atom is -0.287 e. The van der Waals surface area contributed by atoms with E-state index < -0.39 is 0 Å². The SMILES string of the molecule is Cn1c(=S)c2ccccc2n1C. The molecule has 62 valence electrons. The Bertz CT molecular complexity index is 479. The highest BCUT2D eigenvalue weighted by atomic mass is 32.1. The van der Waals surface area contributed by atoms with Crippen LogP contribution in [-0.4, -0.2) is 9.36 Å². The smallest absolute Gasteiger partial charge is 0.129 e. The molecule has 0 bridgehead atoms. The molecule has 1 aromatic heterocycles. The Morgan fingerprint density at radius 2 is 1.75 bits per heavy atom. The molecule has 0 amide bonds. The third kappa shape index (κ3) is 0.830. The molecule has 0 N–H and O–H groups in total. The van der Waals surface area contributed by atoms with Crippen molar-refractivity contribution in [3.8, 4) is 0 Å². The molecule has 0 unspecified atom stereocenters. The van der Waals surface area contributed by atoms with Gasteiger partial charge in [0.2, 0.25) is 0 Å². The lowest BCUT2D eigenvalue weighted by molar-refractivity contribution is 0.606. The average Bonchev–Trinajstić information content (AvgIpc) is 2.33. The summed E-state index contributed by atoms with van der Waals surface area (Å²) < 4.78 is 4.92. The van der Waals surface area contributed by atoms with E-state index in [-0.39, 0.29) is 0 Å². The van der Waals surface area contributed by atoms with Gasteiger partial charge in [-0.1, -0.05) is 24.4 Å². The average molecular weight is 178 g/mol. The zero-order valence-corrected chi connectivity index (χ0v) is 7.93. The number of hydrogen-bond acceptors (Lipinski definition) is 1. The van der Waals surface area contributed by atoms with Crippen LogP contribution in [-0.2, 0) is 14.1 Å². The van der Waals surface area contributed by atoms with Crippen LogP contribution in [0.2, 0.25) is 0 Å². The molecule has 12 heavy (non-hydrogen) atoms. The van der Waals surface area contributed by atoms with Gasteiger partial charge >= 0.3 is 0 Å². The number of fused-ring (bicyclic) bond motifs is 1. The van der Waals surface area contributed by atoms with Gasteiger partial charge < -0.3 is 0 Å². The van der Waals surface area contributed by atoms with Gasteiger partial charge in [-0.3, -0.25) is 9.36 Å². The summed E-state index contributed by atoms with van der Waals surface area (Å²) in [5.41, 5.74) is 1.19. The predicted molar refractivity (Wildman–Crippen MR) is 52.7 cm³/mol. The molecule has 2 nitrogen and oxygen atoms in total. The van der Waals surface area contributed by atoms with E-state index >= 15 is 0 Å². The van der Waals surface area contributed by atoms with Crippen LogP contribution in [0.3, 0.4) is 0 Å². The monoisotopic (exact) mass is 178 g/mol. The Labute approximate surface area is 76.0 Å². The first-order chi connectivity index (χ1) is 5.72. The van der Waals surface area contributed by atoms with Crippen LogP contribution in [0.5, 0.6) is 0 Å². The van der Waals surface area contributed by atoms with Crippen LogP contribution in [0.1, 0.15) is 0 Å². The lowest BCUT2D eigenvalue weighted by Crippen LogP contribution is -2.02. The van der Waals surface area contributed by atoms with Crippen molar-refractivity contribution in [1.82, 2.24) is 9.36 Å². The largest absolute Gasteiger partial charge is 0.287 e. The second-order valence-corrected chi connectivity index (χ2v) is 3.26. The minimum atomic E-state index is 0.896. The number of aryl methyl sites for hydroxylation is 1. The highest BCUT2D eigenvalue weighted by Gasteiger charge is 2.01. The Morgan fingerprint density at radius 1 is 1.08 bits per heavy atom. The highest BCUT2D eigenvalue weighted by molar-refractivity contribution is 7.71. The molecule has 0 saturated carbocycles. The summed E-state index contributed by atoms with van der Waals surface area (Å²) in [6, 6.07) is 8.16. The highest BCUT2D eigenvalue weighted by Crippen LogP contribution is 2.15. The van der Waals surface area contributed by atoms with E-state index in [0.717, 1.165) is 10.0 Å². The van der Waals surface area contributed by atoms with Gasteiger partial charge in [-0.05, 0) is 12.1 Å². The number of nitrogens with zero attached hydrogens (tertiary/aromatic N) is 2. The van der Waals surface area contributed by atoms with E-state index in [4.69, 9.17) is 12.2 Å². The third-order valence-electron chi connectivity index (χ3n) is 2.23. The van der Waals surface area contributed by atoms with Crippen molar-refractivity contribution in [3.05, 3.63) is 28.9 Å². The standard InChI is InChI=1S/C9H10N2S/c1-10-8-6-4-3-5-7(8)9(12)11(10)2/h3-6H,1-2H3. The lowest BCUT2D eigenvalue weighted by atomic mass is 10.3. The number of aromatic nitrogens is 2. The number of benzene rings is 1. The molecule has 2 rings (SSSR count). The van der Waals surface area contributed by atoms with Gasteiger partial charge in [0, 0.05) is 19.5 Å². The Balaban J connectivity index is 3.09. The van der Waals surface area contributed by atoms with Gasteiger partial charge in [-0.2, -0.15) is 0 Å². The molecule has 1 aromatic carbocycles. The summed E-state index contributed by atoms with van der Waals surface area (Å²) in [5, 5.41) is 1.15. The molecule has 0 spiro atoms. The molecule has 0 aliphatic rings. The van der Waals surface area contributed by atoms with Crippen molar-refractivity contribution in [1.29, 1.82) is 0 Å². The molecule has 0 radical (unpaired) electrons. The molecular weight excluding hydrogens is 168 g/mol. The third-order valence-corrected chi connectivity index (χ3v) is 2.71. The van der Waals surface area contributed by atoms with Gasteiger partial charge in [-0.15, -0.1) is 0 Å². The van der Waals surface area contributed by atoms with Crippen LogP contribution in [0.25, 0.3) is 10.9 Å². The van der Waals surface area contributed by atoms with Gasteiger partial charge in [0.25, 0.3) is 0 Å². The van der Waals surface area contributed by atoms with Crippen molar-refractivity contribution in [2.24, 2.45) is 14.1 Å². The van der Waals surface area contributed by atoms with Crippen LogP contribution < -0.4 is 0 Å². The lowest BCUT2D eigenvalue weighted by Gasteiger charge is -1.99. The minimum absolute atomic E-state index is 0.896. The summed E-state index contributed by atoms with van der Waals surface area (Å²) in [7, 11) is 3.99. The van der Waals surface area contributed by atoms with Crippen molar-refractivity contribution in [2.45, 2.75) is 0 Å².